The second kappa shape index (κ2) is 8.40. The molecule has 0 saturated heterocycles. The molecule has 0 unspecified atom stereocenters. The van der Waals surface area contributed by atoms with Gasteiger partial charge in [0.1, 0.15) is 0 Å². The maximum Gasteiger partial charge on any atom is 0.255 e. The van der Waals surface area contributed by atoms with Crippen LogP contribution in [-0.2, 0) is 20.1 Å². The standard InChI is InChI=1S/C20H23N5O/c1-3-25(14-17-8-10-21-11-9-17)13-16-4-6-18(7-5-16)20(26)23-19-12-22-24(2)15-19/h4-12,15H,3,13-14H2,1-2H3,(H,23,26). The van der Waals surface area contributed by atoms with E-state index >= 15 is 0 Å². The maximum absolute atomic E-state index is 12.3. The van der Waals surface area contributed by atoms with Gasteiger partial charge in [-0.15, -0.1) is 0 Å². The van der Waals surface area contributed by atoms with Crippen molar-refractivity contribution in [3.05, 3.63) is 77.9 Å². The molecule has 3 aromatic rings. The molecule has 26 heavy (non-hydrogen) atoms. The summed E-state index contributed by atoms with van der Waals surface area (Å²) in [5.74, 6) is -0.131. The monoisotopic (exact) mass is 349 g/mol. The minimum Gasteiger partial charge on any atom is -0.319 e. The van der Waals surface area contributed by atoms with Crippen LogP contribution in [0.15, 0.2) is 61.2 Å². The van der Waals surface area contributed by atoms with E-state index < -0.39 is 0 Å². The Morgan fingerprint density at radius 2 is 1.73 bits per heavy atom. The van der Waals surface area contributed by atoms with Gasteiger partial charge in [-0.05, 0) is 41.9 Å². The Hall–Kier alpha value is -2.99. The number of nitrogens with zero attached hydrogens (tertiary/aromatic N) is 4. The molecule has 0 radical (unpaired) electrons. The second-order valence-corrected chi connectivity index (χ2v) is 6.21. The van der Waals surface area contributed by atoms with Crippen LogP contribution in [0.25, 0.3) is 0 Å². The first-order chi connectivity index (χ1) is 12.6. The van der Waals surface area contributed by atoms with Gasteiger partial charge in [0.25, 0.3) is 5.91 Å². The summed E-state index contributed by atoms with van der Waals surface area (Å²) in [6.45, 7) is 4.81. The number of aromatic nitrogens is 3. The molecule has 1 amide bonds. The molecule has 3 rings (SSSR count). The van der Waals surface area contributed by atoms with Gasteiger partial charge >= 0.3 is 0 Å². The molecule has 0 aliphatic rings. The quantitative estimate of drug-likeness (QED) is 0.712. The number of benzene rings is 1. The van der Waals surface area contributed by atoms with E-state index in [1.54, 1.807) is 17.1 Å². The van der Waals surface area contributed by atoms with E-state index in [1.807, 2.05) is 55.8 Å². The molecule has 0 bridgehead atoms. The Labute approximate surface area is 153 Å². The van der Waals surface area contributed by atoms with Crippen molar-refractivity contribution in [1.82, 2.24) is 19.7 Å². The van der Waals surface area contributed by atoms with Crippen molar-refractivity contribution >= 4 is 11.6 Å². The topological polar surface area (TPSA) is 63.1 Å². The molecular weight excluding hydrogens is 326 g/mol. The Morgan fingerprint density at radius 1 is 1.08 bits per heavy atom. The molecular formula is C20H23N5O. The van der Waals surface area contributed by atoms with Crippen molar-refractivity contribution < 1.29 is 4.79 Å². The molecule has 1 N–H and O–H groups in total. The summed E-state index contributed by atoms with van der Waals surface area (Å²) >= 11 is 0. The Kier molecular flexibility index (Phi) is 5.76. The molecule has 134 valence electrons. The number of hydrogen-bond acceptors (Lipinski definition) is 4. The molecule has 6 heteroatoms. The summed E-state index contributed by atoms with van der Waals surface area (Å²) in [6, 6.07) is 11.8. The van der Waals surface area contributed by atoms with E-state index in [0.717, 1.165) is 19.6 Å². The number of carbonyl (C=O) groups is 1. The predicted octanol–water partition coefficient (Wildman–Crippen LogP) is 3.09. The van der Waals surface area contributed by atoms with Crippen molar-refractivity contribution in [1.29, 1.82) is 0 Å². The molecule has 0 fully saturated rings. The number of carbonyl (C=O) groups excluding carboxylic acids is 1. The predicted molar refractivity (Wildman–Crippen MR) is 102 cm³/mol. The van der Waals surface area contributed by atoms with Crippen LogP contribution in [0.3, 0.4) is 0 Å². The van der Waals surface area contributed by atoms with Crippen LogP contribution in [0, 0.1) is 0 Å². The summed E-state index contributed by atoms with van der Waals surface area (Å²) in [4.78, 5) is 18.7. The first-order valence-corrected chi connectivity index (χ1v) is 8.64. The molecule has 0 spiro atoms. The third kappa shape index (κ3) is 4.77. The van der Waals surface area contributed by atoms with Gasteiger partial charge in [0.2, 0.25) is 0 Å². The molecule has 6 nitrogen and oxygen atoms in total. The number of nitrogens with one attached hydrogen (secondary N) is 1. The number of hydrogen-bond donors (Lipinski definition) is 1. The van der Waals surface area contributed by atoms with Gasteiger partial charge in [-0.25, -0.2) is 0 Å². The fraction of sp³-hybridized carbons (Fsp3) is 0.250. The van der Waals surface area contributed by atoms with E-state index in [0.29, 0.717) is 11.3 Å². The highest BCUT2D eigenvalue weighted by molar-refractivity contribution is 6.04. The van der Waals surface area contributed by atoms with Crippen LogP contribution in [0.2, 0.25) is 0 Å². The smallest absolute Gasteiger partial charge is 0.255 e. The van der Waals surface area contributed by atoms with Gasteiger partial charge in [-0.3, -0.25) is 19.4 Å². The first kappa shape index (κ1) is 17.8. The average molecular weight is 349 g/mol. The maximum atomic E-state index is 12.3. The van der Waals surface area contributed by atoms with Crippen LogP contribution < -0.4 is 5.32 Å². The highest BCUT2D eigenvalue weighted by Gasteiger charge is 2.09. The normalized spacial score (nSPS) is 10.9. The van der Waals surface area contributed by atoms with Gasteiger partial charge in [0.05, 0.1) is 11.9 Å². The lowest BCUT2D eigenvalue weighted by atomic mass is 10.1. The van der Waals surface area contributed by atoms with Crippen molar-refractivity contribution in [2.75, 3.05) is 11.9 Å². The van der Waals surface area contributed by atoms with E-state index in [1.165, 1.54) is 11.1 Å². The summed E-state index contributed by atoms with van der Waals surface area (Å²) in [6.07, 6.45) is 7.03. The van der Waals surface area contributed by atoms with Crippen molar-refractivity contribution in [2.45, 2.75) is 20.0 Å². The highest BCUT2D eigenvalue weighted by Crippen LogP contribution is 2.12. The minimum absolute atomic E-state index is 0.131. The third-order valence-electron chi connectivity index (χ3n) is 4.19. The fourth-order valence-electron chi connectivity index (χ4n) is 2.73. The lowest BCUT2D eigenvalue weighted by Crippen LogP contribution is -2.22. The molecule has 2 heterocycles. The summed E-state index contributed by atoms with van der Waals surface area (Å²) in [5, 5.41) is 6.89. The first-order valence-electron chi connectivity index (χ1n) is 8.64. The SMILES string of the molecule is CCN(Cc1ccncc1)Cc1ccc(C(=O)Nc2cnn(C)c2)cc1. The molecule has 0 aliphatic carbocycles. The number of amides is 1. The van der Waals surface area contributed by atoms with E-state index in [4.69, 9.17) is 0 Å². The van der Waals surface area contributed by atoms with Gasteiger partial charge in [-0.2, -0.15) is 5.10 Å². The average Bonchev–Trinajstić information content (AvgIpc) is 3.07. The fourth-order valence-corrected chi connectivity index (χ4v) is 2.73. The number of pyridine rings is 1. The van der Waals surface area contributed by atoms with Crippen molar-refractivity contribution in [3.8, 4) is 0 Å². The van der Waals surface area contributed by atoms with Crippen LogP contribution >= 0.6 is 0 Å². The second-order valence-electron chi connectivity index (χ2n) is 6.21. The number of aryl methyl sites for hydroxylation is 1. The Balaban J connectivity index is 1.60. The number of rotatable bonds is 7. The van der Waals surface area contributed by atoms with Crippen LogP contribution in [0.4, 0.5) is 5.69 Å². The minimum atomic E-state index is -0.131. The molecule has 1 aromatic carbocycles. The van der Waals surface area contributed by atoms with Gasteiger partial charge in [0.15, 0.2) is 0 Å². The Bertz CT molecular complexity index is 842. The van der Waals surface area contributed by atoms with Gasteiger partial charge < -0.3 is 5.32 Å². The molecule has 2 aromatic heterocycles. The zero-order valence-electron chi connectivity index (χ0n) is 15.1. The molecule has 0 atom stereocenters. The van der Waals surface area contributed by atoms with Crippen molar-refractivity contribution in [3.63, 3.8) is 0 Å². The zero-order chi connectivity index (χ0) is 18.4. The van der Waals surface area contributed by atoms with Gasteiger partial charge in [-0.1, -0.05) is 19.1 Å². The lowest BCUT2D eigenvalue weighted by Gasteiger charge is -2.20. The van der Waals surface area contributed by atoms with Crippen LogP contribution in [0.5, 0.6) is 0 Å². The zero-order valence-corrected chi connectivity index (χ0v) is 15.1. The van der Waals surface area contributed by atoms with Crippen LogP contribution in [-0.4, -0.2) is 32.1 Å². The third-order valence-corrected chi connectivity index (χ3v) is 4.19. The summed E-state index contributed by atoms with van der Waals surface area (Å²) < 4.78 is 1.65. The molecule has 0 aliphatic heterocycles. The summed E-state index contributed by atoms with van der Waals surface area (Å²) in [5.41, 5.74) is 3.75. The van der Waals surface area contributed by atoms with Crippen molar-refractivity contribution in [2.24, 2.45) is 7.05 Å². The van der Waals surface area contributed by atoms with E-state index in [2.05, 4.69) is 27.2 Å². The Morgan fingerprint density at radius 3 is 2.31 bits per heavy atom. The lowest BCUT2D eigenvalue weighted by molar-refractivity contribution is 0.102. The largest absolute Gasteiger partial charge is 0.319 e. The molecule has 0 saturated carbocycles. The van der Waals surface area contributed by atoms with E-state index in [9.17, 15) is 4.79 Å². The highest BCUT2D eigenvalue weighted by atomic mass is 16.1. The summed E-state index contributed by atoms with van der Waals surface area (Å²) in [7, 11) is 1.82. The van der Waals surface area contributed by atoms with Crippen LogP contribution in [0.1, 0.15) is 28.4 Å². The van der Waals surface area contributed by atoms with E-state index in [-0.39, 0.29) is 5.91 Å². The number of anilines is 1. The van der Waals surface area contributed by atoms with Gasteiger partial charge in [0, 0.05) is 44.3 Å².